The van der Waals surface area contributed by atoms with E-state index in [4.69, 9.17) is 5.73 Å². The number of nitrogens with one attached hydrogen (secondary N) is 1. The Bertz CT molecular complexity index is 620. The Morgan fingerprint density at radius 2 is 1.81 bits per heavy atom. The summed E-state index contributed by atoms with van der Waals surface area (Å²) in [5, 5.41) is 2.90. The molecule has 0 saturated heterocycles. The first kappa shape index (κ1) is 15.3. The SMILES string of the molecule is Cc1cccc(-c2cccc(CNC(=O)CC(C)N)c2)c1. The molecule has 3 N–H and O–H groups in total. The minimum Gasteiger partial charge on any atom is -0.352 e. The molecule has 0 radical (unpaired) electrons. The van der Waals surface area contributed by atoms with Crippen LogP contribution >= 0.6 is 0 Å². The van der Waals surface area contributed by atoms with Crippen LogP contribution in [0.25, 0.3) is 11.1 Å². The lowest BCUT2D eigenvalue weighted by Crippen LogP contribution is -2.29. The van der Waals surface area contributed by atoms with Crippen molar-refractivity contribution in [2.24, 2.45) is 5.73 Å². The van der Waals surface area contributed by atoms with Crippen molar-refractivity contribution in [3.63, 3.8) is 0 Å². The van der Waals surface area contributed by atoms with Gasteiger partial charge in [-0.3, -0.25) is 4.79 Å². The molecule has 0 aliphatic rings. The highest BCUT2D eigenvalue weighted by molar-refractivity contribution is 5.76. The van der Waals surface area contributed by atoms with Gasteiger partial charge in [0.25, 0.3) is 0 Å². The number of hydrogen-bond acceptors (Lipinski definition) is 2. The molecule has 3 heteroatoms. The number of amides is 1. The second-order valence-corrected chi connectivity index (χ2v) is 5.53. The lowest BCUT2D eigenvalue weighted by Gasteiger charge is -2.09. The van der Waals surface area contributed by atoms with E-state index in [0.717, 1.165) is 11.1 Å². The van der Waals surface area contributed by atoms with E-state index in [1.165, 1.54) is 11.1 Å². The summed E-state index contributed by atoms with van der Waals surface area (Å²) in [5.74, 6) is -0.00837. The summed E-state index contributed by atoms with van der Waals surface area (Å²) in [4.78, 5) is 11.6. The molecule has 0 aliphatic heterocycles. The zero-order valence-corrected chi connectivity index (χ0v) is 12.6. The van der Waals surface area contributed by atoms with Gasteiger partial charge in [0.1, 0.15) is 0 Å². The summed E-state index contributed by atoms with van der Waals surface area (Å²) < 4.78 is 0. The Hall–Kier alpha value is -2.13. The van der Waals surface area contributed by atoms with E-state index in [0.29, 0.717) is 13.0 Å². The Kier molecular flexibility index (Phi) is 5.12. The van der Waals surface area contributed by atoms with Crippen LogP contribution in [-0.4, -0.2) is 11.9 Å². The Balaban J connectivity index is 2.06. The molecule has 2 rings (SSSR count). The molecule has 21 heavy (non-hydrogen) atoms. The normalized spacial score (nSPS) is 12.0. The zero-order valence-electron chi connectivity index (χ0n) is 12.6. The maximum atomic E-state index is 11.6. The van der Waals surface area contributed by atoms with Gasteiger partial charge in [-0.25, -0.2) is 0 Å². The van der Waals surface area contributed by atoms with E-state index in [1.807, 2.05) is 19.1 Å². The van der Waals surface area contributed by atoms with Crippen molar-refractivity contribution >= 4 is 5.91 Å². The predicted molar refractivity (Wildman–Crippen MR) is 86.7 cm³/mol. The molecule has 3 nitrogen and oxygen atoms in total. The molecule has 2 aromatic carbocycles. The van der Waals surface area contributed by atoms with Crippen LogP contribution in [-0.2, 0) is 11.3 Å². The van der Waals surface area contributed by atoms with E-state index in [-0.39, 0.29) is 11.9 Å². The third kappa shape index (κ3) is 4.72. The number of benzene rings is 2. The fraction of sp³-hybridized carbons (Fsp3) is 0.278. The van der Waals surface area contributed by atoms with Crippen LogP contribution in [0.4, 0.5) is 0 Å². The van der Waals surface area contributed by atoms with Crippen LogP contribution in [0.15, 0.2) is 48.5 Å². The molecule has 0 aromatic heterocycles. The molecule has 1 amide bonds. The molecular formula is C18H22N2O. The second-order valence-electron chi connectivity index (χ2n) is 5.53. The summed E-state index contributed by atoms with van der Waals surface area (Å²) in [6, 6.07) is 16.5. The zero-order chi connectivity index (χ0) is 15.2. The van der Waals surface area contributed by atoms with Gasteiger partial charge in [0.05, 0.1) is 0 Å². The summed E-state index contributed by atoms with van der Waals surface area (Å²) in [5.41, 5.74) is 10.3. The number of nitrogens with two attached hydrogens (primary N) is 1. The van der Waals surface area contributed by atoms with Gasteiger partial charge in [-0.05, 0) is 36.6 Å². The van der Waals surface area contributed by atoms with Crippen LogP contribution in [0.3, 0.4) is 0 Å². The maximum Gasteiger partial charge on any atom is 0.221 e. The average molecular weight is 282 g/mol. The minimum atomic E-state index is -0.108. The van der Waals surface area contributed by atoms with E-state index >= 15 is 0 Å². The van der Waals surface area contributed by atoms with Crippen molar-refractivity contribution in [1.29, 1.82) is 0 Å². The number of carbonyl (C=O) groups excluding carboxylic acids is 1. The Morgan fingerprint density at radius 3 is 2.48 bits per heavy atom. The first-order chi connectivity index (χ1) is 10.0. The van der Waals surface area contributed by atoms with Crippen LogP contribution < -0.4 is 11.1 Å². The number of rotatable bonds is 5. The molecule has 0 spiro atoms. The molecule has 2 aromatic rings. The number of aryl methyl sites for hydroxylation is 1. The third-order valence-electron chi connectivity index (χ3n) is 3.28. The maximum absolute atomic E-state index is 11.6. The molecule has 1 unspecified atom stereocenters. The monoisotopic (exact) mass is 282 g/mol. The highest BCUT2D eigenvalue weighted by Crippen LogP contribution is 2.21. The van der Waals surface area contributed by atoms with Gasteiger partial charge in [-0.1, -0.05) is 48.0 Å². The van der Waals surface area contributed by atoms with Crippen molar-refractivity contribution in [3.8, 4) is 11.1 Å². The molecule has 0 fully saturated rings. The van der Waals surface area contributed by atoms with Crippen LogP contribution in [0.2, 0.25) is 0 Å². The Morgan fingerprint density at radius 1 is 1.14 bits per heavy atom. The van der Waals surface area contributed by atoms with Crippen LogP contribution in [0, 0.1) is 6.92 Å². The lowest BCUT2D eigenvalue weighted by atomic mass is 10.0. The van der Waals surface area contributed by atoms with Gasteiger partial charge in [0.15, 0.2) is 0 Å². The predicted octanol–water partition coefficient (Wildman–Crippen LogP) is 3.02. The van der Waals surface area contributed by atoms with Gasteiger partial charge in [0, 0.05) is 19.0 Å². The lowest BCUT2D eigenvalue weighted by molar-refractivity contribution is -0.121. The van der Waals surface area contributed by atoms with Crippen LogP contribution in [0.5, 0.6) is 0 Å². The molecule has 0 heterocycles. The molecule has 110 valence electrons. The van der Waals surface area contributed by atoms with E-state index in [9.17, 15) is 4.79 Å². The third-order valence-corrected chi connectivity index (χ3v) is 3.28. The molecule has 1 atom stereocenters. The van der Waals surface area contributed by atoms with Gasteiger partial charge in [-0.2, -0.15) is 0 Å². The molecule has 0 bridgehead atoms. The average Bonchev–Trinajstić information content (AvgIpc) is 2.45. The number of hydrogen-bond donors (Lipinski definition) is 2. The quantitative estimate of drug-likeness (QED) is 0.885. The summed E-state index contributed by atoms with van der Waals surface area (Å²) in [6.07, 6.45) is 0.359. The van der Waals surface area contributed by atoms with E-state index < -0.39 is 0 Å². The van der Waals surface area contributed by atoms with Crippen molar-refractivity contribution in [3.05, 3.63) is 59.7 Å². The molecular weight excluding hydrogens is 260 g/mol. The topological polar surface area (TPSA) is 55.1 Å². The first-order valence-corrected chi connectivity index (χ1v) is 7.23. The molecule has 0 saturated carbocycles. The van der Waals surface area contributed by atoms with Crippen molar-refractivity contribution in [2.75, 3.05) is 0 Å². The Labute approximate surface area is 126 Å². The standard InChI is InChI=1S/C18H22N2O/c1-13-5-3-7-16(9-13)17-8-4-6-15(11-17)12-20-18(21)10-14(2)19/h3-9,11,14H,10,12,19H2,1-2H3,(H,20,21). The van der Waals surface area contributed by atoms with Gasteiger partial charge in [0.2, 0.25) is 5.91 Å². The van der Waals surface area contributed by atoms with Gasteiger partial charge >= 0.3 is 0 Å². The van der Waals surface area contributed by atoms with E-state index in [1.54, 1.807) is 0 Å². The van der Waals surface area contributed by atoms with Crippen molar-refractivity contribution < 1.29 is 4.79 Å². The van der Waals surface area contributed by atoms with Gasteiger partial charge in [-0.15, -0.1) is 0 Å². The largest absolute Gasteiger partial charge is 0.352 e. The summed E-state index contributed by atoms with van der Waals surface area (Å²) >= 11 is 0. The highest BCUT2D eigenvalue weighted by atomic mass is 16.1. The second kappa shape index (κ2) is 7.04. The summed E-state index contributed by atoms with van der Waals surface area (Å²) in [6.45, 7) is 4.45. The molecule has 0 aliphatic carbocycles. The fourth-order valence-corrected chi connectivity index (χ4v) is 2.25. The first-order valence-electron chi connectivity index (χ1n) is 7.23. The van der Waals surface area contributed by atoms with Crippen molar-refractivity contribution in [2.45, 2.75) is 32.9 Å². The fourth-order valence-electron chi connectivity index (χ4n) is 2.25. The van der Waals surface area contributed by atoms with E-state index in [2.05, 4.69) is 48.6 Å². The van der Waals surface area contributed by atoms with Crippen molar-refractivity contribution in [1.82, 2.24) is 5.32 Å². The number of carbonyl (C=O) groups is 1. The smallest absolute Gasteiger partial charge is 0.221 e. The highest BCUT2D eigenvalue weighted by Gasteiger charge is 2.05. The summed E-state index contributed by atoms with van der Waals surface area (Å²) in [7, 11) is 0. The minimum absolute atomic E-state index is 0.00837. The van der Waals surface area contributed by atoms with Gasteiger partial charge < -0.3 is 11.1 Å². The van der Waals surface area contributed by atoms with Crippen LogP contribution in [0.1, 0.15) is 24.5 Å².